The normalized spacial score (nSPS) is 13.3. The predicted molar refractivity (Wildman–Crippen MR) is 151 cm³/mol. The van der Waals surface area contributed by atoms with Crippen LogP contribution in [0.15, 0.2) is 107 Å². The van der Waals surface area contributed by atoms with Gasteiger partial charge in [0.1, 0.15) is 0 Å². The lowest BCUT2D eigenvalue weighted by atomic mass is 10.0. The Hall–Kier alpha value is -4.43. The fourth-order valence-electron chi connectivity index (χ4n) is 3.92. The highest BCUT2D eigenvalue weighted by molar-refractivity contribution is 5.94. The van der Waals surface area contributed by atoms with Crippen LogP contribution in [0, 0.1) is 0 Å². The quantitative estimate of drug-likeness (QED) is 0.173. The summed E-state index contributed by atoms with van der Waals surface area (Å²) in [5, 5.41) is 2.77. The Morgan fingerprint density at radius 1 is 0.895 bits per heavy atom. The van der Waals surface area contributed by atoms with Crippen LogP contribution in [0.1, 0.15) is 37.4 Å². The minimum absolute atomic E-state index is 0.0316. The summed E-state index contributed by atoms with van der Waals surface area (Å²) >= 11 is 0. The molecule has 1 atom stereocenters. The van der Waals surface area contributed by atoms with Gasteiger partial charge < -0.3 is 16.8 Å². The molecule has 0 bridgehead atoms. The molecule has 0 saturated carbocycles. The number of alkyl halides is 2. The fourth-order valence-corrected chi connectivity index (χ4v) is 3.92. The third-order valence-electron chi connectivity index (χ3n) is 6.13. The van der Waals surface area contributed by atoms with Gasteiger partial charge in [0.15, 0.2) is 11.8 Å². The number of para-hydroxylation sites is 1. The number of nitrogens with one attached hydrogen (secondary N) is 1. The average molecular weight is 513 g/mol. The molecular formula is C30H30F2N6. The van der Waals surface area contributed by atoms with Crippen molar-refractivity contribution < 1.29 is 8.78 Å². The maximum Gasteiger partial charge on any atom is 0.275 e. The second-order valence-corrected chi connectivity index (χ2v) is 8.82. The molecule has 4 rings (SSSR count). The fraction of sp³-hybridized carbons (Fsp3) is 0.167. The molecule has 0 aliphatic carbocycles. The second kappa shape index (κ2) is 11.7. The molecular weight excluding hydrogens is 482 g/mol. The van der Waals surface area contributed by atoms with Gasteiger partial charge in [-0.2, -0.15) is 4.99 Å². The Morgan fingerprint density at radius 2 is 1.55 bits per heavy atom. The number of pyridine rings is 1. The monoisotopic (exact) mass is 512 g/mol. The van der Waals surface area contributed by atoms with Gasteiger partial charge in [-0.25, -0.2) is 13.8 Å². The van der Waals surface area contributed by atoms with Crippen molar-refractivity contribution in [3.05, 3.63) is 108 Å². The van der Waals surface area contributed by atoms with E-state index >= 15 is 0 Å². The minimum Gasteiger partial charge on any atom is -0.369 e. The van der Waals surface area contributed by atoms with Gasteiger partial charge in [0.05, 0.1) is 17.4 Å². The van der Waals surface area contributed by atoms with Gasteiger partial charge in [0.25, 0.3) is 5.92 Å². The maximum atomic E-state index is 14.3. The molecule has 194 valence electrons. The molecule has 38 heavy (non-hydrogen) atoms. The summed E-state index contributed by atoms with van der Waals surface area (Å²) in [5.41, 5.74) is 16.9. The number of aromatic nitrogens is 1. The first-order valence-corrected chi connectivity index (χ1v) is 12.3. The molecule has 5 N–H and O–H groups in total. The first-order chi connectivity index (χ1) is 18.3. The van der Waals surface area contributed by atoms with E-state index in [4.69, 9.17) is 11.5 Å². The van der Waals surface area contributed by atoms with Gasteiger partial charge in [-0.1, -0.05) is 67.6 Å². The first-order valence-electron chi connectivity index (χ1n) is 12.3. The SMILES string of the molecule is CCC(F)(F)c1ccccc1NC(N)=Nc1ccc(-c2ccc(N=C(C)C(N)c3ccccc3)cc2)cn1. The number of halogens is 2. The number of benzene rings is 3. The summed E-state index contributed by atoms with van der Waals surface area (Å²) in [6.07, 6.45) is 1.36. The minimum atomic E-state index is -2.97. The van der Waals surface area contributed by atoms with E-state index in [-0.39, 0.29) is 29.7 Å². The van der Waals surface area contributed by atoms with Crippen molar-refractivity contribution in [1.82, 2.24) is 4.98 Å². The van der Waals surface area contributed by atoms with Crippen molar-refractivity contribution in [2.24, 2.45) is 21.5 Å². The van der Waals surface area contributed by atoms with Crippen LogP contribution >= 0.6 is 0 Å². The summed E-state index contributed by atoms with van der Waals surface area (Å²) < 4.78 is 28.6. The zero-order chi connectivity index (χ0) is 27.1. The molecule has 6 nitrogen and oxygen atoms in total. The number of nitrogens with two attached hydrogens (primary N) is 2. The standard InChI is InChI=1S/C30H30F2N6/c1-3-30(31,32)25-11-7-8-12-26(25)37-29(34)38-27-18-15-23(19-35-27)21-13-16-24(17-14-21)36-20(2)28(33)22-9-5-4-6-10-22/h4-19,28H,3,33H2,1-2H3,(H3,34,35,37,38). The topological polar surface area (TPSA) is 102 Å². The smallest absolute Gasteiger partial charge is 0.275 e. The number of nitrogens with zero attached hydrogens (tertiary/aromatic N) is 3. The Bertz CT molecular complexity index is 1420. The number of rotatable bonds is 8. The summed E-state index contributed by atoms with van der Waals surface area (Å²) in [6.45, 7) is 3.35. The van der Waals surface area contributed by atoms with Crippen LogP contribution in [-0.2, 0) is 5.92 Å². The summed E-state index contributed by atoms with van der Waals surface area (Å²) in [6, 6.07) is 27.1. The van der Waals surface area contributed by atoms with Crippen molar-refractivity contribution in [3.8, 4) is 11.1 Å². The van der Waals surface area contributed by atoms with Crippen LogP contribution in [-0.4, -0.2) is 16.7 Å². The Morgan fingerprint density at radius 3 is 2.21 bits per heavy atom. The maximum absolute atomic E-state index is 14.3. The molecule has 0 fully saturated rings. The molecule has 1 aromatic heterocycles. The third kappa shape index (κ3) is 6.46. The number of anilines is 1. The van der Waals surface area contributed by atoms with E-state index < -0.39 is 5.92 Å². The average Bonchev–Trinajstić information content (AvgIpc) is 2.94. The molecule has 4 aromatic rings. The highest BCUT2D eigenvalue weighted by atomic mass is 19.3. The van der Waals surface area contributed by atoms with Gasteiger partial charge in [-0.3, -0.25) is 4.99 Å². The third-order valence-corrected chi connectivity index (χ3v) is 6.13. The van der Waals surface area contributed by atoms with Crippen molar-refractivity contribution in [1.29, 1.82) is 0 Å². The van der Waals surface area contributed by atoms with Gasteiger partial charge in [0, 0.05) is 29.5 Å². The molecule has 0 aliphatic rings. The van der Waals surface area contributed by atoms with Crippen molar-refractivity contribution in [2.45, 2.75) is 32.2 Å². The lowest BCUT2D eigenvalue weighted by Crippen LogP contribution is -2.24. The molecule has 0 amide bonds. The summed E-state index contributed by atoms with van der Waals surface area (Å²) in [5.74, 6) is -2.65. The predicted octanol–water partition coefficient (Wildman–Crippen LogP) is 7.10. The second-order valence-electron chi connectivity index (χ2n) is 8.82. The lowest BCUT2D eigenvalue weighted by Gasteiger charge is -2.19. The van der Waals surface area contributed by atoms with E-state index in [1.807, 2.05) is 67.6 Å². The molecule has 8 heteroatoms. The van der Waals surface area contributed by atoms with Gasteiger partial charge in [-0.15, -0.1) is 0 Å². The molecule has 0 radical (unpaired) electrons. The summed E-state index contributed by atoms with van der Waals surface area (Å²) in [7, 11) is 0. The highest BCUT2D eigenvalue weighted by Crippen LogP contribution is 2.36. The van der Waals surface area contributed by atoms with E-state index in [2.05, 4.69) is 20.3 Å². The van der Waals surface area contributed by atoms with Crippen LogP contribution in [0.4, 0.5) is 26.0 Å². The number of hydrogen-bond acceptors (Lipinski definition) is 4. The van der Waals surface area contributed by atoms with E-state index in [0.717, 1.165) is 28.1 Å². The van der Waals surface area contributed by atoms with Crippen LogP contribution in [0.2, 0.25) is 0 Å². The largest absolute Gasteiger partial charge is 0.369 e. The first kappa shape index (κ1) is 26.6. The van der Waals surface area contributed by atoms with Crippen LogP contribution in [0.3, 0.4) is 0 Å². The van der Waals surface area contributed by atoms with Crippen LogP contribution in [0.25, 0.3) is 11.1 Å². The van der Waals surface area contributed by atoms with E-state index in [9.17, 15) is 8.78 Å². The Balaban J connectivity index is 1.44. The molecule has 3 aromatic carbocycles. The molecule has 0 spiro atoms. The van der Waals surface area contributed by atoms with Gasteiger partial charge >= 0.3 is 0 Å². The van der Waals surface area contributed by atoms with Crippen molar-refractivity contribution in [2.75, 3.05) is 5.32 Å². The van der Waals surface area contributed by atoms with E-state index in [1.54, 1.807) is 30.5 Å². The van der Waals surface area contributed by atoms with Gasteiger partial charge in [0.2, 0.25) is 0 Å². The van der Waals surface area contributed by atoms with Gasteiger partial charge in [-0.05, 0) is 48.4 Å². The molecule has 0 saturated heterocycles. The van der Waals surface area contributed by atoms with Crippen molar-refractivity contribution >= 4 is 28.9 Å². The lowest BCUT2D eigenvalue weighted by molar-refractivity contribution is -0.00750. The Labute approximate surface area is 221 Å². The summed E-state index contributed by atoms with van der Waals surface area (Å²) in [4.78, 5) is 13.2. The van der Waals surface area contributed by atoms with E-state index in [1.165, 1.54) is 13.0 Å². The van der Waals surface area contributed by atoms with Crippen molar-refractivity contribution in [3.63, 3.8) is 0 Å². The zero-order valence-electron chi connectivity index (χ0n) is 21.3. The Kier molecular flexibility index (Phi) is 8.23. The highest BCUT2D eigenvalue weighted by Gasteiger charge is 2.31. The molecule has 1 heterocycles. The number of guanidine groups is 1. The van der Waals surface area contributed by atoms with E-state index in [0.29, 0.717) is 5.82 Å². The van der Waals surface area contributed by atoms with Crippen LogP contribution in [0.5, 0.6) is 0 Å². The molecule has 1 unspecified atom stereocenters. The molecule has 0 aliphatic heterocycles. The number of hydrogen-bond donors (Lipinski definition) is 3. The number of aliphatic imine (C=N–C) groups is 2. The zero-order valence-corrected chi connectivity index (χ0v) is 21.3. The van der Waals surface area contributed by atoms with Crippen LogP contribution < -0.4 is 16.8 Å².